The molecule has 3 heteroatoms. The summed E-state index contributed by atoms with van der Waals surface area (Å²) in [6.07, 6.45) is -0.838. The molecule has 1 nitrogen and oxygen atoms in total. The van der Waals surface area contributed by atoms with E-state index in [4.69, 9.17) is 0 Å². The average Bonchev–Trinajstić information content (AvgIpc) is 2.49. The van der Waals surface area contributed by atoms with Crippen molar-refractivity contribution in [3.8, 4) is 0 Å². The third-order valence-corrected chi connectivity index (χ3v) is 3.61. The standard InChI is InChI=1S/C12H19F2N/c1-8(2)4-12-5-10(13)7-15(12)6-9(3)11(12)14/h8,10-11H,3-7H2,1-2H3/t10-,11?,12-/m1/s1. The van der Waals surface area contributed by atoms with E-state index in [1.165, 1.54) is 0 Å². The Morgan fingerprint density at radius 3 is 2.80 bits per heavy atom. The molecule has 0 N–H and O–H groups in total. The lowest BCUT2D eigenvalue weighted by atomic mass is 9.83. The number of nitrogens with zero attached hydrogens (tertiary/aromatic N) is 1. The van der Waals surface area contributed by atoms with Gasteiger partial charge in [0.15, 0.2) is 0 Å². The minimum Gasteiger partial charge on any atom is -0.287 e. The molecule has 0 aromatic carbocycles. The van der Waals surface area contributed by atoms with Crippen molar-refractivity contribution in [3.05, 3.63) is 12.2 Å². The zero-order valence-corrected chi connectivity index (χ0v) is 9.47. The fourth-order valence-electron chi connectivity index (χ4n) is 3.21. The van der Waals surface area contributed by atoms with E-state index >= 15 is 0 Å². The second-order valence-corrected chi connectivity index (χ2v) is 5.40. The van der Waals surface area contributed by atoms with Gasteiger partial charge < -0.3 is 0 Å². The first kappa shape index (κ1) is 11.1. The minimum atomic E-state index is -1.04. The highest BCUT2D eigenvalue weighted by molar-refractivity contribution is 5.25. The lowest BCUT2D eigenvalue weighted by Crippen LogP contribution is -2.45. The molecular weight excluding hydrogens is 196 g/mol. The van der Waals surface area contributed by atoms with Crippen molar-refractivity contribution in [2.45, 2.75) is 44.6 Å². The summed E-state index contributed by atoms with van der Waals surface area (Å²) in [4.78, 5) is 1.96. The molecular formula is C12H19F2N. The van der Waals surface area contributed by atoms with Crippen LogP contribution in [0.4, 0.5) is 8.78 Å². The van der Waals surface area contributed by atoms with Gasteiger partial charge in [0.25, 0.3) is 0 Å². The molecule has 2 saturated heterocycles. The number of rotatable bonds is 2. The third kappa shape index (κ3) is 1.61. The maximum Gasteiger partial charge on any atom is 0.141 e. The summed E-state index contributed by atoms with van der Waals surface area (Å²) in [5, 5.41) is 0. The van der Waals surface area contributed by atoms with E-state index in [1.807, 2.05) is 4.90 Å². The molecule has 0 aromatic rings. The predicted octanol–water partition coefficient (Wildman–Crippen LogP) is 2.72. The molecule has 2 aliphatic heterocycles. The van der Waals surface area contributed by atoms with Gasteiger partial charge in [-0.1, -0.05) is 20.4 Å². The summed E-state index contributed by atoms with van der Waals surface area (Å²) >= 11 is 0. The Labute approximate surface area is 90.1 Å². The summed E-state index contributed by atoms with van der Waals surface area (Å²) in [7, 11) is 0. The van der Waals surface area contributed by atoms with Gasteiger partial charge in [-0.3, -0.25) is 4.90 Å². The van der Waals surface area contributed by atoms with E-state index in [1.54, 1.807) is 0 Å². The van der Waals surface area contributed by atoms with Crippen LogP contribution in [0.15, 0.2) is 12.2 Å². The predicted molar refractivity (Wildman–Crippen MR) is 57.3 cm³/mol. The van der Waals surface area contributed by atoms with Crippen molar-refractivity contribution >= 4 is 0 Å². The van der Waals surface area contributed by atoms with Crippen LogP contribution >= 0.6 is 0 Å². The van der Waals surface area contributed by atoms with Crippen molar-refractivity contribution in [2.24, 2.45) is 5.92 Å². The van der Waals surface area contributed by atoms with Gasteiger partial charge >= 0.3 is 0 Å². The van der Waals surface area contributed by atoms with Gasteiger partial charge in [0.2, 0.25) is 0 Å². The van der Waals surface area contributed by atoms with E-state index < -0.39 is 17.9 Å². The van der Waals surface area contributed by atoms with Gasteiger partial charge in [0, 0.05) is 19.5 Å². The molecule has 0 aliphatic carbocycles. The zero-order chi connectivity index (χ0) is 11.2. The molecule has 0 spiro atoms. The van der Waals surface area contributed by atoms with E-state index in [-0.39, 0.29) is 0 Å². The summed E-state index contributed by atoms with van der Waals surface area (Å²) in [5.74, 6) is 0.391. The molecule has 15 heavy (non-hydrogen) atoms. The fourth-order valence-corrected chi connectivity index (χ4v) is 3.21. The number of hydrogen-bond donors (Lipinski definition) is 0. The number of halogens is 2. The molecule has 0 amide bonds. The van der Waals surface area contributed by atoms with Gasteiger partial charge in [-0.2, -0.15) is 0 Å². The minimum absolute atomic E-state index is 0.339. The quantitative estimate of drug-likeness (QED) is 0.640. The van der Waals surface area contributed by atoms with Crippen molar-refractivity contribution in [1.82, 2.24) is 4.90 Å². The topological polar surface area (TPSA) is 3.24 Å². The smallest absolute Gasteiger partial charge is 0.141 e. The molecule has 2 rings (SSSR count). The molecule has 3 atom stereocenters. The van der Waals surface area contributed by atoms with Gasteiger partial charge in [-0.25, -0.2) is 8.78 Å². The third-order valence-electron chi connectivity index (χ3n) is 3.61. The molecule has 0 radical (unpaired) electrons. The first-order chi connectivity index (χ1) is 6.95. The van der Waals surface area contributed by atoms with Gasteiger partial charge in [0.1, 0.15) is 12.3 Å². The second-order valence-electron chi connectivity index (χ2n) is 5.40. The Morgan fingerprint density at radius 2 is 2.20 bits per heavy atom. The van der Waals surface area contributed by atoms with E-state index in [2.05, 4.69) is 20.4 Å². The van der Waals surface area contributed by atoms with Crippen LogP contribution in [0.1, 0.15) is 26.7 Å². The highest BCUT2D eigenvalue weighted by Gasteiger charge is 2.56. The number of hydrogen-bond acceptors (Lipinski definition) is 1. The lowest BCUT2D eigenvalue weighted by Gasteiger charge is -2.34. The van der Waals surface area contributed by atoms with E-state index in [9.17, 15) is 8.78 Å². The average molecular weight is 215 g/mol. The first-order valence-corrected chi connectivity index (χ1v) is 5.66. The number of alkyl halides is 2. The summed E-state index contributed by atoms with van der Waals surface area (Å²) in [6.45, 7) is 8.80. The first-order valence-electron chi connectivity index (χ1n) is 5.66. The number of fused-ring (bicyclic) bond motifs is 1. The molecule has 2 heterocycles. The molecule has 86 valence electrons. The Bertz CT molecular complexity index is 277. The van der Waals surface area contributed by atoms with E-state index in [0.29, 0.717) is 31.0 Å². The van der Waals surface area contributed by atoms with Crippen LogP contribution in [0.25, 0.3) is 0 Å². The highest BCUT2D eigenvalue weighted by atomic mass is 19.1. The largest absolute Gasteiger partial charge is 0.287 e. The molecule has 2 fully saturated rings. The second kappa shape index (κ2) is 3.55. The van der Waals surface area contributed by atoms with Gasteiger partial charge in [-0.15, -0.1) is 0 Å². The summed E-state index contributed by atoms with van der Waals surface area (Å²) in [6, 6.07) is 0. The Hall–Kier alpha value is -0.440. The van der Waals surface area contributed by atoms with Crippen LogP contribution in [-0.2, 0) is 0 Å². The molecule has 0 bridgehead atoms. The van der Waals surface area contributed by atoms with Crippen molar-refractivity contribution in [3.63, 3.8) is 0 Å². The van der Waals surface area contributed by atoms with Gasteiger partial charge in [0.05, 0.1) is 5.54 Å². The Morgan fingerprint density at radius 1 is 1.53 bits per heavy atom. The van der Waals surface area contributed by atoms with Crippen LogP contribution in [0.2, 0.25) is 0 Å². The maximum absolute atomic E-state index is 14.2. The fraction of sp³-hybridized carbons (Fsp3) is 0.833. The van der Waals surface area contributed by atoms with Gasteiger partial charge in [-0.05, 0) is 17.9 Å². The van der Waals surface area contributed by atoms with Crippen LogP contribution < -0.4 is 0 Å². The van der Waals surface area contributed by atoms with Crippen LogP contribution in [0.3, 0.4) is 0 Å². The van der Waals surface area contributed by atoms with E-state index in [0.717, 1.165) is 6.42 Å². The Kier molecular flexibility index (Phi) is 2.61. The summed E-state index contributed by atoms with van der Waals surface area (Å²) in [5.41, 5.74) is 0.0487. The van der Waals surface area contributed by atoms with Crippen molar-refractivity contribution in [1.29, 1.82) is 0 Å². The molecule has 1 unspecified atom stereocenters. The summed E-state index contributed by atoms with van der Waals surface area (Å²) < 4.78 is 27.6. The molecule has 0 saturated carbocycles. The van der Waals surface area contributed by atoms with Crippen LogP contribution in [0.5, 0.6) is 0 Å². The van der Waals surface area contributed by atoms with Crippen molar-refractivity contribution < 1.29 is 8.78 Å². The lowest BCUT2D eigenvalue weighted by molar-refractivity contribution is 0.0975. The van der Waals surface area contributed by atoms with Crippen LogP contribution in [-0.4, -0.2) is 35.9 Å². The maximum atomic E-state index is 14.2. The Balaban J connectivity index is 2.26. The van der Waals surface area contributed by atoms with Crippen LogP contribution in [0, 0.1) is 5.92 Å². The SMILES string of the molecule is C=C1CN2C[C@H](F)C[C@]2(CC(C)C)C1F. The molecule has 2 aliphatic rings. The highest BCUT2D eigenvalue weighted by Crippen LogP contribution is 2.47. The molecule has 0 aromatic heterocycles. The normalized spacial score (nSPS) is 41.5. The van der Waals surface area contributed by atoms with Crippen molar-refractivity contribution in [2.75, 3.05) is 13.1 Å². The monoisotopic (exact) mass is 215 g/mol. The zero-order valence-electron chi connectivity index (χ0n) is 9.47.